The summed E-state index contributed by atoms with van der Waals surface area (Å²) in [5, 5.41) is 7.98. The van der Waals surface area contributed by atoms with Crippen LogP contribution in [-0.2, 0) is 14.4 Å². The number of amides is 1. The third kappa shape index (κ3) is 4.85. The van der Waals surface area contributed by atoms with Crippen LogP contribution in [0.15, 0.2) is 0 Å². The predicted molar refractivity (Wildman–Crippen MR) is 29.1 cm³/mol. The molecule has 0 radical (unpaired) electrons. The lowest BCUT2D eigenvalue weighted by atomic mass is 10.8. The summed E-state index contributed by atoms with van der Waals surface area (Å²) in [6.45, 7) is -0.588. The zero-order valence-electron chi connectivity index (χ0n) is 5.29. The Morgan fingerprint density at radius 2 is 2.20 bits per heavy atom. The molecule has 2 N–H and O–H groups in total. The van der Waals surface area contributed by atoms with Crippen molar-refractivity contribution in [2.45, 2.75) is 0 Å². The van der Waals surface area contributed by atoms with Crippen LogP contribution in [-0.4, -0.2) is 30.9 Å². The number of nitrogens with one attached hydrogen (secondary N) is 1. The Labute approximate surface area is 56.7 Å². The molecular formula is C4H7NO5. The zero-order valence-corrected chi connectivity index (χ0v) is 5.29. The topological polar surface area (TPSA) is 84.9 Å². The highest BCUT2D eigenvalue weighted by Crippen LogP contribution is 1.72. The molecule has 0 unspecified atom stereocenters. The summed E-state index contributed by atoms with van der Waals surface area (Å²) in [6, 6.07) is 0. The van der Waals surface area contributed by atoms with Gasteiger partial charge >= 0.3 is 12.1 Å². The average Bonchev–Trinajstić information content (AvgIpc) is 1.87. The molecule has 0 aromatic heterocycles. The zero-order chi connectivity index (χ0) is 7.98. The van der Waals surface area contributed by atoms with Crippen LogP contribution in [0.3, 0.4) is 0 Å². The van der Waals surface area contributed by atoms with E-state index in [0.29, 0.717) is 0 Å². The van der Waals surface area contributed by atoms with Crippen molar-refractivity contribution in [2.75, 3.05) is 13.7 Å². The number of hydrogen-bond acceptors (Lipinski definition) is 4. The molecule has 0 saturated heterocycles. The molecule has 0 saturated carbocycles. The molecule has 0 rings (SSSR count). The molecule has 0 aromatic rings. The molecule has 0 heterocycles. The first-order chi connectivity index (χ1) is 4.66. The van der Waals surface area contributed by atoms with E-state index >= 15 is 0 Å². The van der Waals surface area contributed by atoms with E-state index in [9.17, 15) is 9.59 Å². The monoisotopic (exact) mass is 149 g/mol. The first kappa shape index (κ1) is 8.70. The summed E-state index contributed by atoms with van der Waals surface area (Å²) >= 11 is 0. The van der Waals surface area contributed by atoms with E-state index in [1.165, 1.54) is 0 Å². The summed E-state index contributed by atoms with van der Waals surface area (Å²) in [7, 11) is 1.14. The molecule has 0 aliphatic carbocycles. The number of hydrogen-bond donors (Lipinski definition) is 2. The van der Waals surface area contributed by atoms with E-state index < -0.39 is 18.7 Å². The minimum absolute atomic E-state index is 0.588. The van der Waals surface area contributed by atoms with Crippen LogP contribution in [0, 0.1) is 0 Å². The van der Waals surface area contributed by atoms with Crippen LogP contribution in [0.2, 0.25) is 0 Å². The summed E-state index contributed by atoms with van der Waals surface area (Å²) < 4.78 is 4.06. The quantitative estimate of drug-likeness (QED) is 0.521. The fraction of sp³-hybridized carbons (Fsp3) is 0.500. The highest BCUT2D eigenvalue weighted by Gasteiger charge is 1.99. The first-order valence-electron chi connectivity index (χ1n) is 2.34. The van der Waals surface area contributed by atoms with Gasteiger partial charge in [0.2, 0.25) is 0 Å². The number of carboxylic acids is 1. The van der Waals surface area contributed by atoms with Crippen LogP contribution < -0.4 is 5.48 Å². The van der Waals surface area contributed by atoms with Crippen molar-refractivity contribution in [3.8, 4) is 0 Å². The second kappa shape index (κ2) is 4.57. The molecule has 6 heteroatoms. The summed E-state index contributed by atoms with van der Waals surface area (Å²) in [5.74, 6) is -1.17. The van der Waals surface area contributed by atoms with E-state index in [2.05, 4.69) is 9.57 Å². The molecule has 0 fully saturated rings. The summed E-state index contributed by atoms with van der Waals surface area (Å²) in [6.07, 6.45) is -0.832. The van der Waals surface area contributed by atoms with Crippen molar-refractivity contribution in [2.24, 2.45) is 0 Å². The van der Waals surface area contributed by atoms with Crippen LogP contribution in [0.1, 0.15) is 0 Å². The van der Waals surface area contributed by atoms with Crippen LogP contribution in [0.25, 0.3) is 0 Å². The molecular weight excluding hydrogens is 142 g/mol. The SMILES string of the molecule is COC(=O)NOCC(=O)O. The number of ether oxygens (including phenoxy) is 1. The van der Waals surface area contributed by atoms with Crippen molar-refractivity contribution in [3.63, 3.8) is 0 Å². The number of rotatable bonds is 3. The second-order valence-corrected chi connectivity index (χ2v) is 1.28. The summed E-state index contributed by atoms with van der Waals surface area (Å²) in [5.41, 5.74) is 1.72. The largest absolute Gasteiger partial charge is 0.479 e. The van der Waals surface area contributed by atoms with Gasteiger partial charge in [0.05, 0.1) is 7.11 Å². The van der Waals surface area contributed by atoms with Gasteiger partial charge in [-0.05, 0) is 0 Å². The van der Waals surface area contributed by atoms with E-state index in [1.807, 2.05) is 0 Å². The fourth-order valence-electron chi connectivity index (χ4n) is 0.198. The van der Waals surface area contributed by atoms with Gasteiger partial charge in [0.1, 0.15) is 0 Å². The molecule has 0 aromatic carbocycles. The molecule has 0 aliphatic rings. The maximum absolute atomic E-state index is 10.1. The molecule has 0 atom stereocenters. The number of aliphatic carboxylic acids is 1. The molecule has 10 heavy (non-hydrogen) atoms. The van der Waals surface area contributed by atoms with Crippen molar-refractivity contribution >= 4 is 12.1 Å². The van der Waals surface area contributed by atoms with Crippen LogP contribution in [0.5, 0.6) is 0 Å². The smallest absolute Gasteiger partial charge is 0.431 e. The van der Waals surface area contributed by atoms with E-state index in [4.69, 9.17) is 5.11 Å². The first-order valence-corrected chi connectivity index (χ1v) is 2.34. The highest BCUT2D eigenvalue weighted by atomic mass is 16.7. The normalized spacial score (nSPS) is 8.50. The van der Waals surface area contributed by atoms with Crippen LogP contribution in [0.4, 0.5) is 4.79 Å². The fourth-order valence-corrected chi connectivity index (χ4v) is 0.198. The van der Waals surface area contributed by atoms with Gasteiger partial charge in [-0.3, -0.25) is 4.84 Å². The van der Waals surface area contributed by atoms with Gasteiger partial charge in [-0.1, -0.05) is 0 Å². The Bertz CT molecular complexity index is 134. The lowest BCUT2D eigenvalue weighted by Crippen LogP contribution is -2.26. The Morgan fingerprint density at radius 3 is 2.60 bits per heavy atom. The van der Waals surface area contributed by atoms with Crippen LogP contribution >= 0.6 is 0 Å². The number of hydroxylamine groups is 1. The molecule has 1 amide bonds. The number of carbonyl (C=O) groups is 2. The third-order valence-electron chi connectivity index (χ3n) is 0.537. The van der Waals surface area contributed by atoms with Crippen molar-refractivity contribution in [3.05, 3.63) is 0 Å². The Balaban J connectivity index is 3.20. The third-order valence-corrected chi connectivity index (χ3v) is 0.537. The number of methoxy groups -OCH3 is 1. The standard InChI is InChI=1S/C4H7NO5/c1-9-4(8)5-10-2-3(6)7/h2H2,1H3,(H,5,8)(H,6,7). The second-order valence-electron chi connectivity index (χ2n) is 1.28. The van der Waals surface area contributed by atoms with Crippen molar-refractivity contribution in [1.82, 2.24) is 5.48 Å². The Kier molecular flexibility index (Phi) is 3.97. The lowest BCUT2D eigenvalue weighted by Gasteiger charge is -1.99. The number of carbonyl (C=O) groups excluding carboxylic acids is 1. The molecule has 0 bridgehead atoms. The van der Waals surface area contributed by atoms with Gasteiger partial charge in [0.25, 0.3) is 0 Å². The molecule has 58 valence electrons. The minimum Gasteiger partial charge on any atom is -0.479 e. The summed E-state index contributed by atoms with van der Waals surface area (Å²) in [4.78, 5) is 24.0. The van der Waals surface area contributed by atoms with Gasteiger partial charge in [0.15, 0.2) is 6.61 Å². The van der Waals surface area contributed by atoms with E-state index in [-0.39, 0.29) is 0 Å². The van der Waals surface area contributed by atoms with Gasteiger partial charge in [-0.2, -0.15) is 5.48 Å². The van der Waals surface area contributed by atoms with Gasteiger partial charge in [0, 0.05) is 0 Å². The van der Waals surface area contributed by atoms with E-state index in [1.54, 1.807) is 5.48 Å². The van der Waals surface area contributed by atoms with Crippen molar-refractivity contribution in [1.29, 1.82) is 0 Å². The maximum atomic E-state index is 10.1. The Morgan fingerprint density at radius 1 is 1.60 bits per heavy atom. The van der Waals surface area contributed by atoms with Gasteiger partial charge in [-0.25, -0.2) is 9.59 Å². The highest BCUT2D eigenvalue weighted by molar-refractivity contribution is 5.69. The van der Waals surface area contributed by atoms with Gasteiger partial charge in [-0.15, -0.1) is 0 Å². The minimum atomic E-state index is -1.17. The predicted octanol–water partition coefficient (Wildman–Crippen LogP) is -0.641. The number of carboxylic acid groups (broad SMARTS) is 1. The van der Waals surface area contributed by atoms with Gasteiger partial charge < -0.3 is 9.84 Å². The van der Waals surface area contributed by atoms with E-state index in [0.717, 1.165) is 7.11 Å². The average molecular weight is 149 g/mol. The lowest BCUT2D eigenvalue weighted by molar-refractivity contribution is -0.144. The molecule has 6 nitrogen and oxygen atoms in total. The van der Waals surface area contributed by atoms with Crippen molar-refractivity contribution < 1.29 is 24.3 Å². The molecule has 0 aliphatic heterocycles. The Hall–Kier alpha value is -1.30. The maximum Gasteiger partial charge on any atom is 0.431 e. The molecule has 0 spiro atoms.